The number of aliphatic hydroxyl groups excluding tert-OH is 3. The van der Waals surface area contributed by atoms with Crippen molar-refractivity contribution >= 4 is 35.4 Å². The zero-order valence-electron chi connectivity index (χ0n) is 41.4. The molecule has 1 rings (SSSR count). The first-order valence-electron chi connectivity index (χ1n) is 25.6. The fourth-order valence-electron chi connectivity index (χ4n) is 7.87. The minimum absolute atomic E-state index is 0.00674. The van der Waals surface area contributed by atoms with Crippen molar-refractivity contribution in [2.24, 2.45) is 0 Å². The fraction of sp³-hybridized carbons (Fsp3) is 0.872. The molecule has 0 radical (unpaired) electrons. The van der Waals surface area contributed by atoms with Crippen LogP contribution in [0.4, 0.5) is 0 Å². The molecule has 0 bridgehead atoms. The molecule has 1 saturated carbocycles. The number of carbonyl (C=O) groups is 2. The van der Waals surface area contributed by atoms with Crippen LogP contribution in [0.25, 0.3) is 0 Å². The average molecular weight is 1050 g/mol. The number of phosphoric ester groups is 3. The maximum absolute atomic E-state index is 13.1. The Morgan fingerprint density at radius 3 is 1.20 bits per heavy atom. The molecule has 0 aliphatic heterocycles. The first-order chi connectivity index (χ1) is 32.8. The lowest BCUT2D eigenvalue weighted by Gasteiger charge is -2.44. The minimum atomic E-state index is -5.60. The van der Waals surface area contributed by atoms with Crippen LogP contribution in [0, 0.1) is 0 Å². The van der Waals surface area contributed by atoms with E-state index in [0.29, 0.717) is 12.8 Å². The van der Waals surface area contributed by atoms with E-state index in [9.17, 15) is 63.1 Å². The summed E-state index contributed by atoms with van der Waals surface area (Å²) < 4.78 is 65.6. The maximum Gasteiger partial charge on any atom is 0.472 e. The summed E-state index contributed by atoms with van der Waals surface area (Å²) in [7, 11) is -16.6. The van der Waals surface area contributed by atoms with Crippen LogP contribution >= 0.6 is 23.5 Å². The van der Waals surface area contributed by atoms with E-state index in [1.54, 1.807) is 0 Å². The first kappa shape index (κ1) is 65.6. The Balaban J connectivity index is 2.70. The molecule has 0 saturated heterocycles. The molecule has 1 aliphatic carbocycles. The second kappa shape index (κ2) is 39.1. The molecule has 406 valence electrons. The van der Waals surface area contributed by atoms with Crippen LogP contribution in [0.2, 0.25) is 0 Å². The SMILES string of the molecule is CCCCCCCCC=CCCCCCCCCCC(=O)O[C@H](COC(=O)CCCCCCCC=CCCCCCCCC)COP(=O)(O)O[C@H]1C(O)C(O)C(OP(=O)(O)O)[C@@H](OP(=O)(O)O)C1O. The van der Waals surface area contributed by atoms with Gasteiger partial charge in [0.15, 0.2) is 6.10 Å². The molecule has 19 nitrogen and oxygen atoms in total. The van der Waals surface area contributed by atoms with Crippen LogP contribution < -0.4 is 0 Å². The van der Waals surface area contributed by atoms with Crippen LogP contribution in [0.15, 0.2) is 24.3 Å². The third-order valence-corrected chi connectivity index (χ3v) is 13.8. The van der Waals surface area contributed by atoms with Crippen LogP contribution in [0.1, 0.15) is 206 Å². The van der Waals surface area contributed by atoms with Gasteiger partial charge in [-0.1, -0.05) is 154 Å². The highest BCUT2D eigenvalue weighted by Crippen LogP contribution is 2.51. The Bertz CT molecular complexity index is 1540. The number of carbonyl (C=O) groups excluding carboxylic acids is 2. The van der Waals surface area contributed by atoms with E-state index >= 15 is 0 Å². The Morgan fingerprint density at radius 2 is 0.797 bits per heavy atom. The van der Waals surface area contributed by atoms with Crippen molar-refractivity contribution in [2.75, 3.05) is 13.2 Å². The van der Waals surface area contributed by atoms with Gasteiger partial charge in [-0.05, 0) is 64.2 Å². The number of hydrogen-bond acceptors (Lipinski definition) is 14. The van der Waals surface area contributed by atoms with Crippen molar-refractivity contribution in [1.29, 1.82) is 0 Å². The highest BCUT2D eigenvalue weighted by molar-refractivity contribution is 7.47. The Labute approximate surface area is 411 Å². The van der Waals surface area contributed by atoms with Gasteiger partial charge in [0.1, 0.15) is 43.2 Å². The largest absolute Gasteiger partial charge is 0.472 e. The van der Waals surface area contributed by atoms with Gasteiger partial charge in [0.2, 0.25) is 0 Å². The normalized spacial score (nSPS) is 21.5. The third-order valence-electron chi connectivity index (χ3n) is 11.7. The molecule has 0 amide bonds. The zero-order chi connectivity index (χ0) is 51.4. The molecule has 5 unspecified atom stereocenters. The molecule has 0 aromatic carbocycles. The van der Waals surface area contributed by atoms with Crippen molar-refractivity contribution in [1.82, 2.24) is 0 Å². The molecule has 1 aliphatic rings. The number of phosphoric acid groups is 3. The molecular weight excluding hydrogens is 961 g/mol. The molecule has 0 aromatic heterocycles. The molecule has 22 heteroatoms. The number of esters is 2. The summed E-state index contributed by atoms with van der Waals surface area (Å²) in [5.74, 6) is -1.31. The predicted molar refractivity (Wildman–Crippen MR) is 261 cm³/mol. The highest BCUT2D eigenvalue weighted by Gasteiger charge is 2.56. The summed E-state index contributed by atoms with van der Waals surface area (Å²) in [6.45, 7) is 2.95. The highest BCUT2D eigenvalue weighted by atomic mass is 31.2. The van der Waals surface area contributed by atoms with E-state index in [1.807, 2.05) is 0 Å². The maximum atomic E-state index is 13.1. The Kier molecular flexibility index (Phi) is 37.2. The molecule has 0 spiro atoms. The van der Waals surface area contributed by atoms with E-state index in [2.05, 4.69) is 47.2 Å². The van der Waals surface area contributed by atoms with Crippen molar-refractivity contribution in [3.8, 4) is 0 Å². The van der Waals surface area contributed by atoms with E-state index in [1.165, 1.54) is 77.0 Å². The van der Waals surface area contributed by atoms with Crippen molar-refractivity contribution < 1.29 is 90.6 Å². The van der Waals surface area contributed by atoms with Gasteiger partial charge in [-0.15, -0.1) is 0 Å². The molecule has 0 aromatic rings. The van der Waals surface area contributed by atoms with E-state index in [-0.39, 0.29) is 12.8 Å². The molecule has 69 heavy (non-hydrogen) atoms. The fourth-order valence-corrected chi connectivity index (χ4v) is 9.96. The first-order valence-corrected chi connectivity index (χ1v) is 30.2. The topological polar surface area (TPSA) is 303 Å². The van der Waals surface area contributed by atoms with Gasteiger partial charge >= 0.3 is 35.4 Å². The second-order valence-electron chi connectivity index (χ2n) is 18.1. The van der Waals surface area contributed by atoms with Gasteiger partial charge in [-0.2, -0.15) is 0 Å². The van der Waals surface area contributed by atoms with Crippen molar-refractivity contribution in [2.45, 2.75) is 249 Å². The smallest absolute Gasteiger partial charge is 0.462 e. The molecule has 1 fully saturated rings. The van der Waals surface area contributed by atoms with E-state index in [4.69, 9.17) is 18.5 Å². The van der Waals surface area contributed by atoms with E-state index in [0.717, 1.165) is 89.9 Å². The molecular formula is C47H89O19P3. The number of ether oxygens (including phenoxy) is 2. The van der Waals surface area contributed by atoms with Gasteiger partial charge in [0.25, 0.3) is 0 Å². The lowest BCUT2D eigenvalue weighted by atomic mass is 9.85. The number of rotatable bonds is 44. The van der Waals surface area contributed by atoms with Crippen LogP contribution in [-0.4, -0.2) is 108 Å². The number of hydrogen-bond donors (Lipinski definition) is 8. The van der Waals surface area contributed by atoms with Crippen molar-refractivity contribution in [3.63, 3.8) is 0 Å². The number of unbranched alkanes of at least 4 members (excludes halogenated alkanes) is 24. The standard InChI is InChI=1S/C47H89O19P3/c1-3-5-7-9-11-13-15-17-19-20-22-24-26-28-30-32-34-36-41(49)63-39(37-61-40(48)35-33-31-29-27-25-23-21-18-16-14-12-10-8-6-4-2)38-62-69(59,60)66-45-42(50)43(51)46(64-67(53,54)55)47(44(45)52)65-68(56,57)58/h17-19,21,39,42-47,50-52H,3-16,20,22-38H2,1-2H3,(H,59,60)(H2,53,54,55)(H2,56,57,58)/t39-,42?,43?,44?,45+,46?,47+/m1/s1. The van der Waals surface area contributed by atoms with Crippen LogP contribution in [0.3, 0.4) is 0 Å². The monoisotopic (exact) mass is 1050 g/mol. The second-order valence-corrected chi connectivity index (χ2v) is 21.9. The average Bonchev–Trinajstić information content (AvgIpc) is 3.28. The minimum Gasteiger partial charge on any atom is -0.462 e. The molecule has 8 atom stereocenters. The quantitative estimate of drug-likeness (QED) is 0.0122. The summed E-state index contributed by atoms with van der Waals surface area (Å²) in [6, 6.07) is 0. The Hall–Kier alpha value is -1.37. The van der Waals surface area contributed by atoms with Gasteiger partial charge in [0, 0.05) is 12.8 Å². The summed E-state index contributed by atoms with van der Waals surface area (Å²) in [5, 5.41) is 31.9. The summed E-state index contributed by atoms with van der Waals surface area (Å²) in [5.41, 5.74) is 0. The van der Waals surface area contributed by atoms with Crippen LogP contribution in [0.5, 0.6) is 0 Å². The number of aliphatic hydroxyl groups is 3. The van der Waals surface area contributed by atoms with Crippen molar-refractivity contribution in [3.05, 3.63) is 24.3 Å². The Morgan fingerprint density at radius 1 is 0.449 bits per heavy atom. The lowest BCUT2D eigenvalue weighted by molar-refractivity contribution is -0.213. The van der Waals surface area contributed by atoms with Gasteiger partial charge < -0.3 is 49.3 Å². The van der Waals surface area contributed by atoms with Gasteiger partial charge in [-0.3, -0.25) is 27.7 Å². The summed E-state index contributed by atoms with van der Waals surface area (Å²) >= 11 is 0. The summed E-state index contributed by atoms with van der Waals surface area (Å²) in [4.78, 5) is 73.3. The van der Waals surface area contributed by atoms with Gasteiger partial charge in [0.05, 0.1) is 6.61 Å². The van der Waals surface area contributed by atoms with Gasteiger partial charge in [-0.25, -0.2) is 13.7 Å². The zero-order valence-corrected chi connectivity index (χ0v) is 44.1. The molecule has 0 heterocycles. The number of allylic oxidation sites excluding steroid dienone is 4. The van der Waals surface area contributed by atoms with E-state index < -0.39 is 91.3 Å². The molecule has 8 N–H and O–H groups in total. The van der Waals surface area contributed by atoms with Crippen LogP contribution in [-0.2, 0) is 50.9 Å². The third kappa shape index (κ3) is 35.4. The predicted octanol–water partition coefficient (Wildman–Crippen LogP) is 9.85. The summed E-state index contributed by atoms with van der Waals surface area (Å²) in [6.07, 6.45) is 23.2. The lowest BCUT2D eigenvalue weighted by Crippen LogP contribution is -2.65.